The van der Waals surface area contributed by atoms with Gasteiger partial charge in [-0.2, -0.15) is 0 Å². The number of para-hydroxylation sites is 1. The summed E-state index contributed by atoms with van der Waals surface area (Å²) in [5.41, 5.74) is 9.24. The SMILES string of the molecule is BC(N)(COc1c(C)cccc1C)c1ccccc1. The maximum Gasteiger partial charge on any atom is 0.137 e. The van der Waals surface area contributed by atoms with Crippen molar-refractivity contribution in [3.63, 3.8) is 0 Å². The van der Waals surface area contributed by atoms with Gasteiger partial charge < -0.3 is 10.5 Å². The molecule has 1 atom stereocenters. The molecule has 0 spiro atoms. The van der Waals surface area contributed by atoms with Gasteiger partial charge in [0.1, 0.15) is 20.2 Å². The molecule has 0 fully saturated rings. The molecule has 2 N–H and O–H groups in total. The summed E-state index contributed by atoms with van der Waals surface area (Å²) in [6.07, 6.45) is 0. The Morgan fingerprint density at radius 3 is 2.16 bits per heavy atom. The first kappa shape index (κ1) is 13.7. The Bertz CT molecular complexity index is 532. The average Bonchev–Trinajstić information content (AvgIpc) is 2.39. The molecular formula is C16H20BNO. The van der Waals surface area contributed by atoms with Gasteiger partial charge >= 0.3 is 0 Å². The minimum atomic E-state index is -0.490. The van der Waals surface area contributed by atoms with Crippen LogP contribution in [0.3, 0.4) is 0 Å². The number of hydrogen-bond donors (Lipinski definition) is 1. The molecule has 3 heteroatoms. The molecule has 0 amide bonds. The fraction of sp³-hybridized carbons (Fsp3) is 0.250. The molecule has 0 saturated heterocycles. The largest absolute Gasteiger partial charge is 0.492 e. The Morgan fingerprint density at radius 1 is 1.00 bits per heavy atom. The molecule has 0 bridgehead atoms. The molecule has 0 aliphatic rings. The highest BCUT2D eigenvalue weighted by atomic mass is 16.5. The molecule has 2 rings (SSSR count). The second-order valence-electron chi connectivity index (χ2n) is 5.29. The summed E-state index contributed by atoms with van der Waals surface area (Å²) in [7, 11) is 2.00. The quantitative estimate of drug-likeness (QED) is 0.847. The molecule has 2 nitrogen and oxygen atoms in total. The number of ether oxygens (including phenoxy) is 1. The lowest BCUT2D eigenvalue weighted by molar-refractivity contribution is 0.267. The van der Waals surface area contributed by atoms with Crippen molar-refractivity contribution in [2.45, 2.75) is 19.3 Å². The highest BCUT2D eigenvalue weighted by molar-refractivity contribution is 6.15. The van der Waals surface area contributed by atoms with Crippen molar-refractivity contribution in [1.29, 1.82) is 0 Å². The highest BCUT2D eigenvalue weighted by Gasteiger charge is 2.22. The van der Waals surface area contributed by atoms with Gasteiger partial charge in [-0.1, -0.05) is 48.5 Å². The highest BCUT2D eigenvalue weighted by Crippen LogP contribution is 2.24. The van der Waals surface area contributed by atoms with Crippen LogP contribution in [0, 0.1) is 13.8 Å². The summed E-state index contributed by atoms with van der Waals surface area (Å²) in [5.74, 6) is 0.940. The Kier molecular flexibility index (Phi) is 3.96. The van der Waals surface area contributed by atoms with Gasteiger partial charge in [-0.05, 0) is 30.5 Å². The van der Waals surface area contributed by atoms with Gasteiger partial charge in [-0.15, -0.1) is 0 Å². The monoisotopic (exact) mass is 253 g/mol. The van der Waals surface area contributed by atoms with Crippen molar-refractivity contribution in [2.24, 2.45) is 5.73 Å². The van der Waals surface area contributed by atoms with Crippen molar-refractivity contribution >= 4 is 7.85 Å². The van der Waals surface area contributed by atoms with Crippen molar-refractivity contribution in [1.82, 2.24) is 0 Å². The second-order valence-corrected chi connectivity index (χ2v) is 5.29. The van der Waals surface area contributed by atoms with E-state index in [9.17, 15) is 0 Å². The molecule has 0 aromatic heterocycles. The normalized spacial score (nSPS) is 13.8. The van der Waals surface area contributed by atoms with Crippen LogP contribution in [0.1, 0.15) is 16.7 Å². The van der Waals surface area contributed by atoms with E-state index in [0.29, 0.717) is 6.61 Å². The predicted molar refractivity (Wildman–Crippen MR) is 82.3 cm³/mol. The summed E-state index contributed by atoms with van der Waals surface area (Å²) in [5, 5.41) is 0. The van der Waals surface area contributed by atoms with Crippen molar-refractivity contribution in [3.05, 3.63) is 65.2 Å². The average molecular weight is 253 g/mol. The number of benzene rings is 2. The summed E-state index contributed by atoms with van der Waals surface area (Å²) in [6.45, 7) is 4.57. The van der Waals surface area contributed by atoms with Crippen molar-refractivity contribution in [3.8, 4) is 5.75 Å². The lowest BCUT2D eigenvalue weighted by atomic mass is 9.74. The van der Waals surface area contributed by atoms with Gasteiger partial charge in [-0.3, -0.25) is 0 Å². The summed E-state index contributed by atoms with van der Waals surface area (Å²) < 4.78 is 5.96. The van der Waals surface area contributed by atoms with Crippen LogP contribution in [-0.4, -0.2) is 14.5 Å². The first-order valence-corrected chi connectivity index (χ1v) is 6.54. The zero-order valence-corrected chi connectivity index (χ0v) is 11.8. The molecule has 19 heavy (non-hydrogen) atoms. The Hall–Kier alpha value is -1.74. The number of rotatable bonds is 4. The van der Waals surface area contributed by atoms with E-state index in [2.05, 4.69) is 26.0 Å². The smallest absolute Gasteiger partial charge is 0.137 e. The first-order chi connectivity index (χ1) is 9.00. The Morgan fingerprint density at radius 2 is 1.58 bits per heavy atom. The van der Waals surface area contributed by atoms with E-state index in [1.54, 1.807) is 0 Å². The van der Waals surface area contributed by atoms with Crippen LogP contribution in [0.4, 0.5) is 0 Å². The van der Waals surface area contributed by atoms with Crippen LogP contribution in [-0.2, 0) is 5.44 Å². The molecule has 2 aromatic rings. The standard InChI is InChI=1S/C16H20BNO/c1-12-7-6-8-13(2)15(12)19-11-16(17,18)14-9-4-3-5-10-14/h3-10H,11,17-18H2,1-2H3. The van der Waals surface area contributed by atoms with Gasteiger partial charge in [0, 0.05) is 5.44 Å². The van der Waals surface area contributed by atoms with Crippen molar-refractivity contribution < 1.29 is 4.74 Å². The third kappa shape index (κ3) is 3.18. The van der Waals surface area contributed by atoms with Gasteiger partial charge in [0.05, 0.1) is 0 Å². The van der Waals surface area contributed by atoms with Gasteiger partial charge in [0.15, 0.2) is 0 Å². The molecule has 0 aliphatic carbocycles. The molecule has 0 saturated carbocycles. The van der Waals surface area contributed by atoms with Crippen LogP contribution < -0.4 is 10.5 Å². The van der Waals surface area contributed by atoms with Gasteiger partial charge in [0.2, 0.25) is 0 Å². The third-order valence-corrected chi connectivity index (χ3v) is 3.36. The van der Waals surface area contributed by atoms with Gasteiger partial charge in [-0.25, -0.2) is 0 Å². The summed E-state index contributed by atoms with van der Waals surface area (Å²) >= 11 is 0. The number of nitrogens with two attached hydrogens (primary N) is 1. The van der Waals surface area contributed by atoms with Gasteiger partial charge in [0.25, 0.3) is 0 Å². The van der Waals surface area contributed by atoms with E-state index in [4.69, 9.17) is 10.5 Å². The maximum atomic E-state index is 6.36. The van der Waals surface area contributed by atoms with E-state index >= 15 is 0 Å². The summed E-state index contributed by atoms with van der Waals surface area (Å²) in [4.78, 5) is 0. The summed E-state index contributed by atoms with van der Waals surface area (Å²) in [6, 6.07) is 16.2. The van der Waals surface area contributed by atoms with Crippen LogP contribution >= 0.6 is 0 Å². The van der Waals surface area contributed by atoms with Crippen LogP contribution in [0.15, 0.2) is 48.5 Å². The molecule has 0 heterocycles. The Labute approximate surface area is 116 Å². The maximum absolute atomic E-state index is 6.36. The topological polar surface area (TPSA) is 35.2 Å². The molecule has 98 valence electrons. The minimum absolute atomic E-state index is 0.461. The first-order valence-electron chi connectivity index (χ1n) is 6.54. The third-order valence-electron chi connectivity index (χ3n) is 3.36. The van der Waals surface area contributed by atoms with E-state index in [1.807, 2.05) is 44.2 Å². The second kappa shape index (κ2) is 5.49. The zero-order chi connectivity index (χ0) is 13.9. The lowest BCUT2D eigenvalue weighted by Gasteiger charge is -2.26. The predicted octanol–water partition coefficient (Wildman–Crippen LogP) is 2.13. The van der Waals surface area contributed by atoms with E-state index in [0.717, 1.165) is 22.4 Å². The van der Waals surface area contributed by atoms with E-state index in [1.165, 1.54) is 0 Å². The number of aryl methyl sites for hydroxylation is 2. The number of hydrogen-bond acceptors (Lipinski definition) is 2. The minimum Gasteiger partial charge on any atom is -0.492 e. The fourth-order valence-corrected chi connectivity index (χ4v) is 2.15. The molecule has 2 aromatic carbocycles. The van der Waals surface area contributed by atoms with E-state index < -0.39 is 5.44 Å². The Balaban J connectivity index is 2.14. The van der Waals surface area contributed by atoms with E-state index in [-0.39, 0.29) is 0 Å². The van der Waals surface area contributed by atoms with Crippen molar-refractivity contribution in [2.75, 3.05) is 6.61 Å². The molecule has 0 radical (unpaired) electrons. The fourth-order valence-electron chi connectivity index (χ4n) is 2.15. The lowest BCUT2D eigenvalue weighted by Crippen LogP contribution is -2.43. The van der Waals surface area contributed by atoms with Crippen LogP contribution in [0.5, 0.6) is 5.75 Å². The van der Waals surface area contributed by atoms with Crippen LogP contribution in [0.25, 0.3) is 0 Å². The molecular weight excluding hydrogens is 233 g/mol. The van der Waals surface area contributed by atoms with Crippen LogP contribution in [0.2, 0.25) is 0 Å². The molecule has 0 aliphatic heterocycles. The zero-order valence-electron chi connectivity index (χ0n) is 11.8. The molecule has 1 unspecified atom stereocenters.